The Morgan fingerprint density at radius 2 is 2.12 bits per heavy atom. The summed E-state index contributed by atoms with van der Waals surface area (Å²) in [5.41, 5.74) is -2.74. The van der Waals surface area contributed by atoms with Crippen LogP contribution in [0.15, 0.2) is 18.2 Å². The molecule has 1 atom stereocenters. The van der Waals surface area contributed by atoms with Gasteiger partial charge in [0.25, 0.3) is 5.66 Å². The van der Waals surface area contributed by atoms with Crippen molar-refractivity contribution in [1.82, 2.24) is 0 Å². The molecule has 0 aliphatic carbocycles. The monoisotopic (exact) mass is 256 g/mol. The van der Waals surface area contributed by atoms with Crippen molar-refractivity contribution >= 4 is 14.9 Å². The summed E-state index contributed by atoms with van der Waals surface area (Å²) in [6, 6.07) is 6.15. The maximum atomic E-state index is 13.3. The summed E-state index contributed by atoms with van der Waals surface area (Å²) in [5, 5.41) is 11.8. The van der Waals surface area contributed by atoms with E-state index >= 15 is 0 Å². The van der Waals surface area contributed by atoms with Crippen LogP contribution in [0.2, 0.25) is 0 Å². The topological polar surface area (TPSA) is 35.8 Å². The first-order valence-corrected chi connectivity index (χ1v) is 5.87. The molecule has 0 heterocycles. The molecule has 0 spiro atoms. The van der Waals surface area contributed by atoms with Crippen LogP contribution in [0.5, 0.6) is 0 Å². The van der Waals surface area contributed by atoms with Gasteiger partial charge in [-0.15, -0.1) is 0 Å². The van der Waals surface area contributed by atoms with Crippen LogP contribution in [0.3, 0.4) is 0 Å². The third kappa shape index (κ3) is 3.94. The van der Waals surface area contributed by atoms with Crippen LogP contribution in [-0.2, 0) is 5.66 Å². The molecule has 92 valence electrons. The van der Waals surface area contributed by atoms with Gasteiger partial charge >= 0.3 is 0 Å². The van der Waals surface area contributed by atoms with Crippen LogP contribution in [0.4, 0.5) is 14.5 Å². The zero-order chi connectivity index (χ0) is 13.1. The Labute approximate surface area is 102 Å². The van der Waals surface area contributed by atoms with Crippen molar-refractivity contribution in [1.29, 1.82) is 5.26 Å². The fraction of sp³-hybridized carbons (Fsp3) is 0.417. The molecule has 0 aliphatic heterocycles. The number of nitriles is 1. The summed E-state index contributed by atoms with van der Waals surface area (Å²) in [7, 11) is 1.46. The predicted molar refractivity (Wildman–Crippen MR) is 68.1 cm³/mol. The van der Waals surface area contributed by atoms with Crippen LogP contribution < -0.4 is 5.32 Å². The van der Waals surface area contributed by atoms with Crippen molar-refractivity contribution in [3.8, 4) is 6.07 Å². The average molecular weight is 256 g/mol. The maximum absolute atomic E-state index is 13.3. The third-order valence-electron chi connectivity index (χ3n) is 2.21. The maximum Gasteiger partial charge on any atom is 0.285 e. The van der Waals surface area contributed by atoms with E-state index in [0.717, 1.165) is 0 Å². The zero-order valence-electron chi connectivity index (χ0n) is 9.80. The lowest BCUT2D eigenvalue weighted by Crippen LogP contribution is -2.10. The fourth-order valence-electron chi connectivity index (χ4n) is 1.35. The van der Waals surface area contributed by atoms with Crippen molar-refractivity contribution in [3.05, 3.63) is 29.3 Å². The number of hydrogen-bond donors (Lipinski definition) is 1. The standard InChI is InChI=1S/C12H15F2N2P/c1-8(2)7-16-10-4-3-9(6-15)11(5-10)12(13,14)17/h3-5,8,16H,7,17H2,1-2H3. The fourth-order valence-corrected chi connectivity index (χ4v) is 1.59. The normalized spacial score (nSPS) is 11.4. The minimum Gasteiger partial charge on any atom is -0.385 e. The highest BCUT2D eigenvalue weighted by atomic mass is 31.0. The van der Waals surface area contributed by atoms with E-state index in [4.69, 9.17) is 5.26 Å². The van der Waals surface area contributed by atoms with Crippen LogP contribution in [0.1, 0.15) is 25.0 Å². The molecule has 0 aliphatic rings. The van der Waals surface area contributed by atoms with Crippen molar-refractivity contribution in [2.24, 2.45) is 5.92 Å². The van der Waals surface area contributed by atoms with Gasteiger partial charge < -0.3 is 5.32 Å². The Morgan fingerprint density at radius 1 is 1.47 bits per heavy atom. The molecule has 1 unspecified atom stereocenters. The number of nitrogens with one attached hydrogen (secondary N) is 1. The zero-order valence-corrected chi connectivity index (χ0v) is 11.0. The molecule has 0 aromatic heterocycles. The number of benzene rings is 1. The van der Waals surface area contributed by atoms with E-state index in [1.54, 1.807) is 12.1 Å². The number of alkyl halides is 2. The van der Waals surface area contributed by atoms with Crippen LogP contribution in [-0.4, -0.2) is 6.54 Å². The van der Waals surface area contributed by atoms with E-state index in [1.165, 1.54) is 21.4 Å². The van der Waals surface area contributed by atoms with Gasteiger partial charge in [-0.25, -0.2) is 0 Å². The van der Waals surface area contributed by atoms with Gasteiger partial charge in [0.1, 0.15) is 0 Å². The quantitative estimate of drug-likeness (QED) is 0.836. The molecule has 17 heavy (non-hydrogen) atoms. The number of halogens is 2. The van der Waals surface area contributed by atoms with Crippen molar-refractivity contribution in [2.75, 3.05) is 11.9 Å². The van der Waals surface area contributed by atoms with Gasteiger partial charge in [0.2, 0.25) is 0 Å². The van der Waals surface area contributed by atoms with E-state index in [-0.39, 0.29) is 11.1 Å². The van der Waals surface area contributed by atoms with E-state index < -0.39 is 5.66 Å². The van der Waals surface area contributed by atoms with Gasteiger partial charge in [0, 0.05) is 17.8 Å². The summed E-state index contributed by atoms with van der Waals surface area (Å²) >= 11 is 0. The SMILES string of the molecule is CC(C)CNc1ccc(C#N)c(C(F)(F)P)c1. The second-order valence-corrected chi connectivity index (χ2v) is 4.99. The summed E-state index contributed by atoms with van der Waals surface area (Å²) < 4.78 is 26.5. The van der Waals surface area contributed by atoms with Crippen LogP contribution >= 0.6 is 9.24 Å². The van der Waals surface area contributed by atoms with E-state index in [2.05, 4.69) is 5.32 Å². The van der Waals surface area contributed by atoms with E-state index in [1.807, 2.05) is 13.8 Å². The van der Waals surface area contributed by atoms with E-state index in [9.17, 15) is 8.78 Å². The third-order valence-corrected chi connectivity index (χ3v) is 2.52. The summed E-state index contributed by atoms with van der Waals surface area (Å²) in [6.45, 7) is 4.76. The minimum absolute atomic E-state index is 0.0000898. The van der Waals surface area contributed by atoms with Crippen LogP contribution in [0, 0.1) is 17.2 Å². The first kappa shape index (κ1) is 13.9. The Kier molecular flexibility index (Phi) is 4.42. The van der Waals surface area contributed by atoms with E-state index in [0.29, 0.717) is 18.2 Å². The second-order valence-electron chi connectivity index (χ2n) is 4.27. The molecule has 1 rings (SSSR count). The van der Waals surface area contributed by atoms with Gasteiger partial charge in [-0.2, -0.15) is 14.0 Å². The number of anilines is 1. The molecule has 2 nitrogen and oxygen atoms in total. The lowest BCUT2D eigenvalue weighted by Gasteiger charge is -2.15. The predicted octanol–water partition coefficient (Wildman–Crippen LogP) is 3.55. The minimum atomic E-state index is -3.08. The Bertz CT molecular complexity index is 433. The van der Waals surface area contributed by atoms with Crippen molar-refractivity contribution in [2.45, 2.75) is 19.5 Å². The lowest BCUT2D eigenvalue weighted by atomic mass is 10.1. The molecule has 0 radical (unpaired) electrons. The summed E-state index contributed by atoms with van der Waals surface area (Å²) in [5.74, 6) is 0.422. The molecule has 0 amide bonds. The van der Waals surface area contributed by atoms with Gasteiger partial charge in [0.05, 0.1) is 11.6 Å². The number of nitrogens with zero attached hydrogens (tertiary/aromatic N) is 1. The number of hydrogen-bond acceptors (Lipinski definition) is 2. The summed E-state index contributed by atoms with van der Waals surface area (Å²) in [6.07, 6.45) is 0. The highest BCUT2D eigenvalue weighted by molar-refractivity contribution is 7.17. The van der Waals surface area contributed by atoms with Crippen molar-refractivity contribution in [3.63, 3.8) is 0 Å². The first-order valence-electron chi connectivity index (χ1n) is 5.29. The first-order chi connectivity index (χ1) is 7.84. The van der Waals surface area contributed by atoms with Gasteiger partial charge in [-0.1, -0.05) is 23.1 Å². The smallest absolute Gasteiger partial charge is 0.285 e. The number of rotatable bonds is 4. The molecule has 1 aromatic carbocycles. The highest BCUT2D eigenvalue weighted by Crippen LogP contribution is 2.37. The molecule has 5 heteroatoms. The average Bonchev–Trinajstić information content (AvgIpc) is 2.24. The molecule has 1 N–H and O–H groups in total. The van der Waals surface area contributed by atoms with Gasteiger partial charge in [0.15, 0.2) is 0 Å². The van der Waals surface area contributed by atoms with Crippen molar-refractivity contribution < 1.29 is 8.78 Å². The molecule has 1 aromatic rings. The molecule has 0 fully saturated rings. The molecular formula is C12H15F2N2P. The highest BCUT2D eigenvalue weighted by Gasteiger charge is 2.28. The molecular weight excluding hydrogens is 241 g/mol. The Hall–Kier alpha value is -1.20. The molecule has 0 saturated carbocycles. The summed E-state index contributed by atoms with van der Waals surface area (Å²) in [4.78, 5) is 0. The Morgan fingerprint density at radius 3 is 2.59 bits per heavy atom. The lowest BCUT2D eigenvalue weighted by molar-refractivity contribution is 0.104. The van der Waals surface area contributed by atoms with Gasteiger partial charge in [-0.3, -0.25) is 0 Å². The second kappa shape index (κ2) is 5.42. The largest absolute Gasteiger partial charge is 0.385 e. The molecule has 0 saturated heterocycles. The van der Waals surface area contributed by atoms with Crippen LogP contribution in [0.25, 0.3) is 0 Å². The molecule has 0 bridgehead atoms. The Balaban J connectivity index is 3.02. The van der Waals surface area contributed by atoms with Gasteiger partial charge in [-0.05, 0) is 24.1 Å².